The fourth-order valence-electron chi connectivity index (χ4n) is 3.80. The maximum absolute atomic E-state index is 12.3. The first-order chi connectivity index (χ1) is 12.2. The first-order valence-electron chi connectivity index (χ1n) is 9.57. The predicted molar refractivity (Wildman–Crippen MR) is 107 cm³/mol. The smallest absolute Gasteiger partial charge is 0.223 e. The molecule has 3 rings (SSSR count). The normalized spacial score (nSPS) is 20.0. The third kappa shape index (κ3) is 6.19. The highest BCUT2D eigenvalue weighted by molar-refractivity contribution is 7.99. The summed E-state index contributed by atoms with van der Waals surface area (Å²) in [5, 5.41) is 4.78. The number of amides is 1. The van der Waals surface area contributed by atoms with Gasteiger partial charge < -0.3 is 5.32 Å². The van der Waals surface area contributed by atoms with Crippen LogP contribution >= 0.6 is 23.4 Å². The van der Waals surface area contributed by atoms with Crippen LogP contribution in [0, 0.1) is 5.92 Å². The SMILES string of the molecule is O=C(NCCSC1CCCC1)C1CCN(Cc2ccc(Cl)cc2)CC1. The Hall–Kier alpha value is -0.710. The second kappa shape index (κ2) is 9.84. The van der Waals surface area contributed by atoms with Gasteiger partial charge in [-0.15, -0.1) is 0 Å². The lowest BCUT2D eigenvalue weighted by molar-refractivity contribution is -0.126. The fourth-order valence-corrected chi connectivity index (χ4v) is 5.15. The van der Waals surface area contributed by atoms with Gasteiger partial charge in [0.05, 0.1) is 0 Å². The summed E-state index contributed by atoms with van der Waals surface area (Å²) in [7, 11) is 0. The number of nitrogens with one attached hydrogen (secondary N) is 1. The van der Waals surface area contributed by atoms with Crippen molar-refractivity contribution in [3.05, 3.63) is 34.9 Å². The number of carbonyl (C=O) groups excluding carboxylic acids is 1. The summed E-state index contributed by atoms with van der Waals surface area (Å²) >= 11 is 7.98. The van der Waals surface area contributed by atoms with E-state index in [4.69, 9.17) is 11.6 Å². The van der Waals surface area contributed by atoms with Gasteiger partial charge in [-0.25, -0.2) is 0 Å². The standard InChI is InChI=1S/C20H29ClN2OS/c21-18-7-5-16(6-8-18)15-23-12-9-17(10-13-23)20(24)22-11-14-25-19-3-1-2-4-19/h5-8,17,19H,1-4,9-15H2,(H,22,24). The molecular formula is C20H29ClN2OS. The van der Waals surface area contributed by atoms with Crippen molar-refractivity contribution in [1.29, 1.82) is 0 Å². The molecule has 1 N–H and O–H groups in total. The van der Waals surface area contributed by atoms with Crippen LogP contribution in [0.2, 0.25) is 5.02 Å². The topological polar surface area (TPSA) is 32.3 Å². The molecule has 1 saturated heterocycles. The number of hydrogen-bond donors (Lipinski definition) is 1. The highest BCUT2D eigenvalue weighted by atomic mass is 35.5. The van der Waals surface area contributed by atoms with E-state index in [-0.39, 0.29) is 11.8 Å². The minimum atomic E-state index is 0.193. The van der Waals surface area contributed by atoms with Crippen molar-refractivity contribution in [1.82, 2.24) is 10.2 Å². The second-order valence-corrected chi connectivity index (χ2v) is 9.09. The van der Waals surface area contributed by atoms with E-state index < -0.39 is 0 Å². The van der Waals surface area contributed by atoms with E-state index >= 15 is 0 Å². The predicted octanol–water partition coefficient (Wildman–Crippen LogP) is 4.34. The van der Waals surface area contributed by atoms with Gasteiger partial charge >= 0.3 is 0 Å². The van der Waals surface area contributed by atoms with Crippen molar-refractivity contribution in [2.24, 2.45) is 5.92 Å². The maximum atomic E-state index is 12.3. The molecule has 2 fully saturated rings. The molecule has 1 aromatic carbocycles. The average molecular weight is 381 g/mol. The summed E-state index contributed by atoms with van der Waals surface area (Å²) in [6, 6.07) is 8.06. The van der Waals surface area contributed by atoms with Gasteiger partial charge in [-0.05, 0) is 56.5 Å². The number of halogens is 1. The Bertz CT molecular complexity index is 537. The first kappa shape index (κ1) is 19.1. The molecule has 1 aliphatic carbocycles. The van der Waals surface area contributed by atoms with E-state index in [9.17, 15) is 4.79 Å². The van der Waals surface area contributed by atoms with Gasteiger partial charge in [-0.3, -0.25) is 9.69 Å². The van der Waals surface area contributed by atoms with E-state index in [1.165, 1.54) is 31.2 Å². The maximum Gasteiger partial charge on any atom is 0.223 e. The van der Waals surface area contributed by atoms with Crippen LogP contribution in [0.3, 0.4) is 0 Å². The zero-order valence-corrected chi connectivity index (χ0v) is 16.5. The van der Waals surface area contributed by atoms with Crippen molar-refractivity contribution in [3.8, 4) is 0 Å². The fraction of sp³-hybridized carbons (Fsp3) is 0.650. The number of nitrogens with zero attached hydrogens (tertiary/aromatic N) is 1. The van der Waals surface area contributed by atoms with Crippen LogP contribution in [0.15, 0.2) is 24.3 Å². The highest BCUT2D eigenvalue weighted by Gasteiger charge is 2.24. The van der Waals surface area contributed by atoms with E-state index in [1.807, 2.05) is 23.9 Å². The summed E-state index contributed by atoms with van der Waals surface area (Å²) in [5.74, 6) is 1.52. The van der Waals surface area contributed by atoms with Crippen LogP contribution in [-0.2, 0) is 11.3 Å². The minimum absolute atomic E-state index is 0.193. The number of benzene rings is 1. The van der Waals surface area contributed by atoms with Gasteiger partial charge in [-0.2, -0.15) is 11.8 Å². The van der Waals surface area contributed by atoms with Crippen LogP contribution in [0.4, 0.5) is 0 Å². The summed E-state index contributed by atoms with van der Waals surface area (Å²) in [6.07, 6.45) is 7.44. The first-order valence-corrected chi connectivity index (χ1v) is 11.0. The number of likely N-dealkylation sites (tertiary alicyclic amines) is 1. The molecule has 3 nitrogen and oxygen atoms in total. The molecule has 138 valence electrons. The molecule has 0 radical (unpaired) electrons. The largest absolute Gasteiger partial charge is 0.355 e. The van der Waals surface area contributed by atoms with Crippen LogP contribution in [0.5, 0.6) is 0 Å². The third-order valence-electron chi connectivity index (χ3n) is 5.33. The Morgan fingerprint density at radius 1 is 1.12 bits per heavy atom. The van der Waals surface area contributed by atoms with Gasteiger partial charge in [0.25, 0.3) is 0 Å². The minimum Gasteiger partial charge on any atom is -0.355 e. The Morgan fingerprint density at radius 3 is 2.48 bits per heavy atom. The van der Waals surface area contributed by atoms with E-state index in [1.54, 1.807) is 0 Å². The zero-order valence-electron chi connectivity index (χ0n) is 14.9. The van der Waals surface area contributed by atoms with Gasteiger partial charge in [-0.1, -0.05) is 36.6 Å². The Balaban J connectivity index is 1.31. The number of piperidine rings is 1. The number of hydrogen-bond acceptors (Lipinski definition) is 3. The molecule has 2 aliphatic rings. The molecule has 5 heteroatoms. The number of rotatable bonds is 7. The van der Waals surface area contributed by atoms with Gasteiger partial charge in [0, 0.05) is 35.0 Å². The van der Waals surface area contributed by atoms with Crippen molar-refractivity contribution in [2.45, 2.75) is 50.3 Å². The molecule has 0 aromatic heterocycles. The summed E-state index contributed by atoms with van der Waals surface area (Å²) in [6.45, 7) is 3.77. The number of thioether (sulfide) groups is 1. The van der Waals surface area contributed by atoms with Crippen molar-refractivity contribution >= 4 is 29.3 Å². The quantitative estimate of drug-likeness (QED) is 0.714. The molecule has 1 aromatic rings. The molecule has 1 aliphatic heterocycles. The van der Waals surface area contributed by atoms with Gasteiger partial charge in [0.1, 0.15) is 0 Å². The second-order valence-electron chi connectivity index (χ2n) is 7.25. The molecule has 1 heterocycles. The third-order valence-corrected chi connectivity index (χ3v) is 6.97. The van der Waals surface area contributed by atoms with E-state index in [2.05, 4.69) is 22.3 Å². The molecule has 0 unspecified atom stereocenters. The van der Waals surface area contributed by atoms with E-state index in [0.29, 0.717) is 0 Å². The molecule has 1 saturated carbocycles. The Kier molecular flexibility index (Phi) is 7.50. The summed E-state index contributed by atoms with van der Waals surface area (Å²) in [5.41, 5.74) is 1.29. The lowest BCUT2D eigenvalue weighted by Gasteiger charge is -2.31. The molecule has 0 bridgehead atoms. The van der Waals surface area contributed by atoms with Crippen LogP contribution in [-0.4, -0.2) is 41.4 Å². The molecule has 0 spiro atoms. The molecule has 0 atom stereocenters. The molecule has 25 heavy (non-hydrogen) atoms. The highest BCUT2D eigenvalue weighted by Crippen LogP contribution is 2.29. The van der Waals surface area contributed by atoms with Gasteiger partial charge in [0.15, 0.2) is 0 Å². The zero-order chi connectivity index (χ0) is 17.5. The lowest BCUT2D eigenvalue weighted by atomic mass is 9.95. The van der Waals surface area contributed by atoms with Crippen LogP contribution in [0.25, 0.3) is 0 Å². The monoisotopic (exact) mass is 380 g/mol. The van der Waals surface area contributed by atoms with Crippen LogP contribution in [0.1, 0.15) is 44.1 Å². The van der Waals surface area contributed by atoms with Gasteiger partial charge in [0.2, 0.25) is 5.91 Å². The van der Waals surface area contributed by atoms with Crippen molar-refractivity contribution < 1.29 is 4.79 Å². The molecular weight excluding hydrogens is 352 g/mol. The van der Waals surface area contributed by atoms with Crippen molar-refractivity contribution in [3.63, 3.8) is 0 Å². The number of carbonyl (C=O) groups is 1. The van der Waals surface area contributed by atoms with E-state index in [0.717, 1.165) is 55.0 Å². The Labute approximate surface area is 160 Å². The summed E-state index contributed by atoms with van der Waals surface area (Å²) in [4.78, 5) is 14.8. The summed E-state index contributed by atoms with van der Waals surface area (Å²) < 4.78 is 0. The lowest BCUT2D eigenvalue weighted by Crippen LogP contribution is -2.40. The average Bonchev–Trinajstić information content (AvgIpc) is 3.15. The molecule has 1 amide bonds. The Morgan fingerprint density at radius 2 is 1.80 bits per heavy atom. The van der Waals surface area contributed by atoms with Crippen molar-refractivity contribution in [2.75, 3.05) is 25.4 Å². The van der Waals surface area contributed by atoms with Crippen LogP contribution < -0.4 is 5.32 Å².